The molecule has 0 N–H and O–H groups in total. The highest BCUT2D eigenvalue weighted by atomic mass is 19.1. The van der Waals surface area contributed by atoms with E-state index in [0.717, 1.165) is 12.8 Å². The summed E-state index contributed by atoms with van der Waals surface area (Å²) in [4.78, 5) is 16.6. The molecule has 6 nitrogen and oxygen atoms in total. The normalized spacial score (nSPS) is 14.0. The van der Waals surface area contributed by atoms with Crippen LogP contribution in [0.2, 0.25) is 0 Å². The number of carbonyl (C=O) groups excluding carboxylic acids is 1. The highest BCUT2D eigenvalue weighted by Crippen LogP contribution is 2.35. The molecule has 3 rings (SSSR count). The Hall–Kier alpha value is -2.57. The van der Waals surface area contributed by atoms with Gasteiger partial charge in [0.05, 0.1) is 7.11 Å². The second kappa shape index (κ2) is 7.35. The van der Waals surface area contributed by atoms with Crippen molar-refractivity contribution < 1.29 is 18.4 Å². The number of halogens is 1. The summed E-state index contributed by atoms with van der Waals surface area (Å²) in [7, 11) is 6.79. The molecule has 0 spiro atoms. The van der Waals surface area contributed by atoms with Gasteiger partial charge in [-0.3, -0.25) is 4.79 Å². The zero-order chi connectivity index (χ0) is 18.8. The first-order valence-electron chi connectivity index (χ1n) is 8.68. The van der Waals surface area contributed by atoms with Crippen LogP contribution in [0.4, 0.5) is 10.2 Å². The number of methoxy groups -OCH3 is 1. The average molecular weight is 361 g/mol. The molecule has 2 aromatic rings. The lowest BCUT2D eigenvalue weighted by Crippen LogP contribution is -2.35. The molecule has 0 saturated heterocycles. The van der Waals surface area contributed by atoms with Crippen LogP contribution in [0.3, 0.4) is 0 Å². The van der Waals surface area contributed by atoms with Gasteiger partial charge in [0.2, 0.25) is 0 Å². The minimum atomic E-state index is -0.474. The standard InChI is InChI=1S/C19H24FN3O3/c1-22(2)18-16(19(24)23(3)11-12-6-5-7-12)17(26-21-18)13-8-9-14(20)15(10-13)25-4/h8-10,12H,5-7,11H2,1-4H3. The summed E-state index contributed by atoms with van der Waals surface area (Å²) in [5, 5.41) is 4.06. The lowest BCUT2D eigenvalue weighted by Gasteiger charge is -2.30. The predicted octanol–water partition coefficient (Wildman–Crippen LogP) is 3.43. The van der Waals surface area contributed by atoms with Gasteiger partial charge >= 0.3 is 0 Å². The third kappa shape index (κ3) is 3.38. The van der Waals surface area contributed by atoms with Crippen molar-refractivity contribution in [2.24, 2.45) is 5.92 Å². The van der Waals surface area contributed by atoms with Crippen molar-refractivity contribution in [2.75, 3.05) is 39.7 Å². The molecule has 1 aliphatic carbocycles. The second-order valence-corrected chi connectivity index (χ2v) is 6.94. The Morgan fingerprint density at radius 1 is 1.35 bits per heavy atom. The number of hydrogen-bond acceptors (Lipinski definition) is 5. The Bertz CT molecular complexity index is 799. The molecule has 1 amide bonds. The molecule has 140 valence electrons. The van der Waals surface area contributed by atoms with Crippen LogP contribution in [0.1, 0.15) is 29.6 Å². The highest BCUT2D eigenvalue weighted by molar-refractivity contribution is 6.04. The molecule has 0 radical (unpaired) electrons. The van der Waals surface area contributed by atoms with Gasteiger partial charge in [-0.25, -0.2) is 4.39 Å². The van der Waals surface area contributed by atoms with E-state index in [0.29, 0.717) is 35.2 Å². The van der Waals surface area contributed by atoms with E-state index in [1.54, 1.807) is 37.0 Å². The van der Waals surface area contributed by atoms with Gasteiger partial charge in [0, 0.05) is 33.3 Å². The van der Waals surface area contributed by atoms with Crippen molar-refractivity contribution in [1.82, 2.24) is 10.1 Å². The molecule has 1 aromatic carbocycles. The SMILES string of the molecule is COc1cc(-c2onc(N(C)C)c2C(=O)N(C)CC2CCC2)ccc1F. The van der Waals surface area contributed by atoms with E-state index in [4.69, 9.17) is 9.26 Å². The Balaban J connectivity index is 1.99. The number of hydrogen-bond donors (Lipinski definition) is 0. The molecule has 0 aliphatic heterocycles. The van der Waals surface area contributed by atoms with E-state index < -0.39 is 5.82 Å². The van der Waals surface area contributed by atoms with Gasteiger partial charge in [-0.15, -0.1) is 0 Å². The van der Waals surface area contributed by atoms with Crippen LogP contribution < -0.4 is 9.64 Å². The molecule has 0 bridgehead atoms. The third-order valence-corrected chi connectivity index (χ3v) is 4.83. The molecule has 0 unspecified atom stereocenters. The van der Waals surface area contributed by atoms with E-state index in [1.165, 1.54) is 25.7 Å². The summed E-state index contributed by atoms with van der Waals surface area (Å²) in [5.74, 6) is 0.789. The van der Waals surface area contributed by atoms with Crippen molar-refractivity contribution in [2.45, 2.75) is 19.3 Å². The van der Waals surface area contributed by atoms with E-state index in [2.05, 4.69) is 5.16 Å². The Labute approximate surface area is 152 Å². The minimum Gasteiger partial charge on any atom is -0.494 e. The Morgan fingerprint density at radius 2 is 2.08 bits per heavy atom. The van der Waals surface area contributed by atoms with Crippen molar-refractivity contribution in [3.63, 3.8) is 0 Å². The van der Waals surface area contributed by atoms with Gasteiger partial charge in [-0.2, -0.15) is 0 Å². The summed E-state index contributed by atoms with van der Waals surface area (Å²) in [6.07, 6.45) is 3.54. The molecule has 1 aliphatic rings. The molecular weight excluding hydrogens is 337 g/mol. The maximum Gasteiger partial charge on any atom is 0.261 e. The van der Waals surface area contributed by atoms with Crippen LogP contribution in [-0.2, 0) is 0 Å². The first-order valence-corrected chi connectivity index (χ1v) is 8.68. The number of rotatable bonds is 6. The second-order valence-electron chi connectivity index (χ2n) is 6.94. The number of amides is 1. The monoisotopic (exact) mass is 361 g/mol. The fourth-order valence-corrected chi connectivity index (χ4v) is 3.11. The molecule has 1 saturated carbocycles. The van der Waals surface area contributed by atoms with E-state index >= 15 is 0 Å². The lowest BCUT2D eigenvalue weighted by molar-refractivity contribution is 0.0746. The van der Waals surface area contributed by atoms with Crippen LogP contribution in [0.15, 0.2) is 22.7 Å². The summed E-state index contributed by atoms with van der Waals surface area (Å²) >= 11 is 0. The van der Waals surface area contributed by atoms with Crippen molar-refractivity contribution in [1.29, 1.82) is 0 Å². The minimum absolute atomic E-state index is 0.0894. The van der Waals surface area contributed by atoms with Crippen LogP contribution in [0.5, 0.6) is 5.75 Å². The topological polar surface area (TPSA) is 58.8 Å². The number of benzene rings is 1. The largest absolute Gasteiger partial charge is 0.494 e. The Morgan fingerprint density at radius 3 is 2.65 bits per heavy atom. The molecular formula is C19H24FN3O3. The molecule has 26 heavy (non-hydrogen) atoms. The summed E-state index contributed by atoms with van der Waals surface area (Å²) in [5.41, 5.74) is 0.926. The number of nitrogens with zero attached hydrogens (tertiary/aromatic N) is 3. The van der Waals surface area contributed by atoms with Gasteiger partial charge < -0.3 is 19.1 Å². The first kappa shape index (κ1) is 18.2. The van der Waals surface area contributed by atoms with Gasteiger partial charge in [-0.05, 0) is 37.0 Å². The van der Waals surface area contributed by atoms with Crippen molar-refractivity contribution in [3.8, 4) is 17.1 Å². The van der Waals surface area contributed by atoms with Crippen LogP contribution in [0, 0.1) is 11.7 Å². The molecule has 0 atom stereocenters. The number of ether oxygens (including phenoxy) is 1. The molecule has 1 aromatic heterocycles. The van der Waals surface area contributed by atoms with E-state index in [1.807, 2.05) is 0 Å². The fraction of sp³-hybridized carbons (Fsp3) is 0.474. The van der Waals surface area contributed by atoms with Crippen molar-refractivity contribution in [3.05, 3.63) is 29.6 Å². The molecule has 1 heterocycles. The summed E-state index contributed by atoms with van der Waals surface area (Å²) in [6.45, 7) is 0.711. The summed E-state index contributed by atoms with van der Waals surface area (Å²) < 4.78 is 24.3. The van der Waals surface area contributed by atoms with Gasteiger partial charge in [0.25, 0.3) is 5.91 Å². The maximum atomic E-state index is 13.7. The van der Waals surface area contributed by atoms with Gasteiger partial charge in [0.1, 0.15) is 5.56 Å². The molecule has 1 fully saturated rings. The lowest BCUT2D eigenvalue weighted by atomic mass is 9.85. The zero-order valence-corrected chi connectivity index (χ0v) is 15.6. The fourth-order valence-electron chi connectivity index (χ4n) is 3.11. The van der Waals surface area contributed by atoms with Crippen molar-refractivity contribution >= 4 is 11.7 Å². The Kier molecular flexibility index (Phi) is 5.15. The average Bonchev–Trinajstić information content (AvgIpc) is 3.02. The van der Waals surface area contributed by atoms with E-state index in [-0.39, 0.29) is 11.7 Å². The van der Waals surface area contributed by atoms with Crippen LogP contribution in [0.25, 0.3) is 11.3 Å². The van der Waals surface area contributed by atoms with Gasteiger partial charge in [-0.1, -0.05) is 11.6 Å². The number of aromatic nitrogens is 1. The van der Waals surface area contributed by atoms with Crippen LogP contribution in [-0.4, -0.2) is 50.8 Å². The smallest absolute Gasteiger partial charge is 0.261 e. The van der Waals surface area contributed by atoms with Crippen LogP contribution >= 0.6 is 0 Å². The first-order chi connectivity index (χ1) is 12.4. The van der Waals surface area contributed by atoms with Gasteiger partial charge in [0.15, 0.2) is 23.1 Å². The maximum absolute atomic E-state index is 13.7. The summed E-state index contributed by atoms with van der Waals surface area (Å²) in [6, 6.07) is 4.36. The zero-order valence-electron chi connectivity index (χ0n) is 15.6. The molecule has 7 heteroatoms. The quantitative estimate of drug-likeness (QED) is 0.789. The predicted molar refractivity (Wildman–Crippen MR) is 97.1 cm³/mol. The van der Waals surface area contributed by atoms with E-state index in [9.17, 15) is 9.18 Å². The highest BCUT2D eigenvalue weighted by Gasteiger charge is 2.30. The number of anilines is 1. The number of carbonyl (C=O) groups is 1. The third-order valence-electron chi connectivity index (χ3n) is 4.83.